The minimum absolute atomic E-state index is 0.113. The van der Waals surface area contributed by atoms with Gasteiger partial charge in [-0.2, -0.15) is 0 Å². The predicted molar refractivity (Wildman–Crippen MR) is 45.9 cm³/mol. The van der Waals surface area contributed by atoms with E-state index in [4.69, 9.17) is 5.11 Å². The summed E-state index contributed by atoms with van der Waals surface area (Å²) in [7, 11) is 0. The van der Waals surface area contributed by atoms with Crippen LogP contribution in [0.5, 0.6) is 5.75 Å². The number of hydrogen-bond donors (Lipinski definition) is 1. The molecule has 0 bridgehead atoms. The third kappa shape index (κ3) is 1.30. The van der Waals surface area contributed by atoms with Gasteiger partial charge in [0.1, 0.15) is 17.1 Å². The molecule has 0 spiro atoms. The monoisotopic (exact) mass is 178 g/mol. The van der Waals surface area contributed by atoms with E-state index in [0.717, 1.165) is 6.07 Å². The van der Waals surface area contributed by atoms with E-state index in [1.807, 2.05) is 0 Å². The lowest BCUT2D eigenvalue weighted by molar-refractivity contribution is 0.470. The number of aryl methyl sites for hydroxylation is 1. The van der Waals surface area contributed by atoms with Gasteiger partial charge in [-0.05, 0) is 13.0 Å². The van der Waals surface area contributed by atoms with E-state index >= 15 is 0 Å². The van der Waals surface area contributed by atoms with E-state index in [9.17, 15) is 4.39 Å². The second-order valence-corrected chi connectivity index (χ2v) is 2.78. The highest BCUT2D eigenvalue weighted by molar-refractivity contribution is 5.79. The van der Waals surface area contributed by atoms with Crippen molar-refractivity contribution in [3.05, 3.63) is 30.0 Å². The molecule has 0 fully saturated rings. The topological polar surface area (TPSA) is 46.0 Å². The van der Waals surface area contributed by atoms with E-state index in [1.54, 1.807) is 6.92 Å². The van der Waals surface area contributed by atoms with Gasteiger partial charge >= 0.3 is 0 Å². The molecule has 3 nitrogen and oxygen atoms in total. The maximum Gasteiger partial charge on any atom is 0.153 e. The average molecular weight is 178 g/mol. The van der Waals surface area contributed by atoms with Crippen molar-refractivity contribution in [2.24, 2.45) is 0 Å². The van der Waals surface area contributed by atoms with Crippen molar-refractivity contribution in [2.45, 2.75) is 6.92 Å². The smallest absolute Gasteiger partial charge is 0.153 e. The molecule has 0 aliphatic heterocycles. The number of nitrogens with zero attached hydrogens (tertiary/aromatic N) is 2. The van der Waals surface area contributed by atoms with Crippen LogP contribution in [0.25, 0.3) is 10.9 Å². The Morgan fingerprint density at radius 3 is 2.92 bits per heavy atom. The molecule has 0 saturated carbocycles. The quantitative estimate of drug-likeness (QED) is 0.668. The molecule has 1 heterocycles. The minimum atomic E-state index is -0.527. The summed E-state index contributed by atoms with van der Waals surface area (Å²) in [5.41, 5.74) is 0.241. The first kappa shape index (κ1) is 7.91. The molecule has 0 unspecified atom stereocenters. The normalized spacial score (nSPS) is 10.6. The van der Waals surface area contributed by atoms with Gasteiger partial charge in [0.2, 0.25) is 0 Å². The summed E-state index contributed by atoms with van der Waals surface area (Å²) in [5.74, 6) is -0.130. The molecule has 0 atom stereocenters. The van der Waals surface area contributed by atoms with Crippen LogP contribution in [0.1, 0.15) is 5.82 Å². The van der Waals surface area contributed by atoms with Crippen LogP contribution >= 0.6 is 0 Å². The van der Waals surface area contributed by atoms with Crippen molar-refractivity contribution < 1.29 is 9.50 Å². The zero-order valence-corrected chi connectivity index (χ0v) is 6.95. The molecule has 0 saturated heterocycles. The van der Waals surface area contributed by atoms with Crippen LogP contribution in [0, 0.1) is 12.7 Å². The van der Waals surface area contributed by atoms with Crippen molar-refractivity contribution >= 4 is 10.9 Å². The van der Waals surface area contributed by atoms with Crippen molar-refractivity contribution in [3.63, 3.8) is 0 Å². The fourth-order valence-electron chi connectivity index (χ4n) is 1.18. The lowest BCUT2D eigenvalue weighted by atomic mass is 10.2. The Hall–Kier alpha value is -1.71. The Kier molecular flexibility index (Phi) is 1.62. The third-order valence-electron chi connectivity index (χ3n) is 1.74. The van der Waals surface area contributed by atoms with E-state index in [2.05, 4.69) is 9.97 Å². The predicted octanol–water partition coefficient (Wildman–Crippen LogP) is 1.78. The first-order valence-corrected chi connectivity index (χ1v) is 3.78. The summed E-state index contributed by atoms with van der Waals surface area (Å²) in [6.07, 6.45) is 1.49. The fraction of sp³-hybridized carbons (Fsp3) is 0.111. The molecule has 0 aliphatic rings. The molecule has 0 amide bonds. The van der Waals surface area contributed by atoms with Crippen LogP contribution in [0.15, 0.2) is 18.3 Å². The van der Waals surface area contributed by atoms with E-state index in [0.29, 0.717) is 11.2 Å². The molecule has 0 radical (unpaired) electrons. The SMILES string of the molecule is Cc1ncc2cc(O)cc(F)c2n1. The van der Waals surface area contributed by atoms with E-state index in [1.165, 1.54) is 12.3 Å². The number of hydrogen-bond acceptors (Lipinski definition) is 3. The summed E-state index contributed by atoms with van der Waals surface area (Å²) in [6, 6.07) is 2.46. The summed E-state index contributed by atoms with van der Waals surface area (Å²) in [6.45, 7) is 1.69. The highest BCUT2D eigenvalue weighted by Gasteiger charge is 2.04. The van der Waals surface area contributed by atoms with Crippen LogP contribution in [-0.2, 0) is 0 Å². The third-order valence-corrected chi connectivity index (χ3v) is 1.74. The number of rotatable bonds is 0. The second kappa shape index (κ2) is 2.65. The summed E-state index contributed by atoms with van der Waals surface area (Å²) in [4.78, 5) is 7.82. The largest absolute Gasteiger partial charge is 0.508 e. The van der Waals surface area contributed by atoms with Crippen molar-refractivity contribution in [1.82, 2.24) is 9.97 Å². The Morgan fingerprint density at radius 1 is 1.38 bits per heavy atom. The van der Waals surface area contributed by atoms with Gasteiger partial charge in [-0.15, -0.1) is 0 Å². The summed E-state index contributed by atoms with van der Waals surface area (Å²) in [5, 5.41) is 9.59. The number of aromatic nitrogens is 2. The summed E-state index contributed by atoms with van der Waals surface area (Å²) >= 11 is 0. The fourth-order valence-corrected chi connectivity index (χ4v) is 1.18. The van der Waals surface area contributed by atoms with Gasteiger partial charge < -0.3 is 5.11 Å². The van der Waals surface area contributed by atoms with Crippen LogP contribution < -0.4 is 0 Å². The molecule has 13 heavy (non-hydrogen) atoms. The van der Waals surface area contributed by atoms with Crippen LogP contribution in [0.2, 0.25) is 0 Å². The lowest BCUT2D eigenvalue weighted by Crippen LogP contribution is -1.90. The molecule has 2 aromatic rings. The number of halogens is 1. The molecule has 4 heteroatoms. The lowest BCUT2D eigenvalue weighted by Gasteiger charge is -2.00. The highest BCUT2D eigenvalue weighted by Crippen LogP contribution is 2.20. The number of phenols is 1. The van der Waals surface area contributed by atoms with Gasteiger partial charge in [0.25, 0.3) is 0 Å². The van der Waals surface area contributed by atoms with Gasteiger partial charge in [-0.1, -0.05) is 0 Å². The zero-order chi connectivity index (χ0) is 9.42. The van der Waals surface area contributed by atoms with Crippen molar-refractivity contribution in [1.29, 1.82) is 0 Å². The number of fused-ring (bicyclic) bond motifs is 1. The Balaban J connectivity index is 2.87. The number of phenolic OH excluding ortho intramolecular Hbond substituents is 1. The molecule has 0 aliphatic carbocycles. The minimum Gasteiger partial charge on any atom is -0.508 e. The van der Waals surface area contributed by atoms with E-state index in [-0.39, 0.29) is 11.3 Å². The molecule has 1 N–H and O–H groups in total. The van der Waals surface area contributed by atoms with Gasteiger partial charge in [-0.3, -0.25) is 0 Å². The average Bonchev–Trinajstić information content (AvgIpc) is 2.06. The molecule has 2 rings (SSSR count). The maximum atomic E-state index is 13.2. The van der Waals surface area contributed by atoms with Crippen LogP contribution in [-0.4, -0.2) is 15.1 Å². The van der Waals surface area contributed by atoms with Crippen molar-refractivity contribution in [3.8, 4) is 5.75 Å². The van der Waals surface area contributed by atoms with Gasteiger partial charge in [0.05, 0.1) is 0 Å². The van der Waals surface area contributed by atoms with Gasteiger partial charge in [0.15, 0.2) is 5.82 Å². The first-order valence-electron chi connectivity index (χ1n) is 3.78. The number of benzene rings is 1. The molecule has 1 aromatic heterocycles. The molecular formula is C9H7FN2O. The van der Waals surface area contributed by atoms with Crippen LogP contribution in [0.4, 0.5) is 4.39 Å². The molecule has 66 valence electrons. The Labute approximate surface area is 73.9 Å². The summed E-state index contributed by atoms with van der Waals surface area (Å²) < 4.78 is 13.2. The zero-order valence-electron chi connectivity index (χ0n) is 6.95. The first-order chi connectivity index (χ1) is 6.16. The highest BCUT2D eigenvalue weighted by atomic mass is 19.1. The van der Waals surface area contributed by atoms with Crippen LogP contribution in [0.3, 0.4) is 0 Å². The molecule has 1 aromatic carbocycles. The maximum absolute atomic E-state index is 13.2. The Bertz CT molecular complexity index is 470. The second-order valence-electron chi connectivity index (χ2n) is 2.78. The number of aromatic hydroxyl groups is 1. The van der Waals surface area contributed by atoms with Gasteiger partial charge in [-0.25, -0.2) is 14.4 Å². The standard InChI is InChI=1S/C9H7FN2O/c1-5-11-4-6-2-7(13)3-8(10)9(6)12-5/h2-4,13H,1H3. The molecular weight excluding hydrogens is 171 g/mol. The van der Waals surface area contributed by atoms with Crippen molar-refractivity contribution in [2.75, 3.05) is 0 Å². The Morgan fingerprint density at radius 2 is 2.15 bits per heavy atom. The van der Waals surface area contributed by atoms with E-state index < -0.39 is 5.82 Å². The van der Waals surface area contributed by atoms with Gasteiger partial charge in [0, 0.05) is 17.6 Å².